The number of likely N-dealkylation sites (tertiary alicyclic amines) is 1. The quantitative estimate of drug-likeness (QED) is 0.805. The van der Waals surface area contributed by atoms with E-state index in [0.717, 1.165) is 24.8 Å². The number of aliphatic hydroxyl groups is 1. The van der Waals surface area contributed by atoms with Gasteiger partial charge in [0.1, 0.15) is 5.82 Å². The Morgan fingerprint density at radius 1 is 1.35 bits per heavy atom. The molecule has 96 valence electrons. The predicted octanol–water partition coefficient (Wildman–Crippen LogP) is 0.0743. The van der Waals surface area contributed by atoms with Crippen LogP contribution in [-0.2, 0) is 6.54 Å². The molecule has 0 aromatic carbocycles. The van der Waals surface area contributed by atoms with E-state index in [1.807, 2.05) is 6.92 Å². The summed E-state index contributed by atoms with van der Waals surface area (Å²) in [5, 5.41) is 21.2. The van der Waals surface area contributed by atoms with Crippen LogP contribution in [0.25, 0.3) is 0 Å². The minimum atomic E-state index is -0.398. The number of nitrogens with zero attached hydrogens (tertiary/aromatic N) is 5. The molecule has 1 atom stereocenters. The maximum atomic E-state index is 10.0. The van der Waals surface area contributed by atoms with Gasteiger partial charge in [-0.25, -0.2) is 4.68 Å². The molecule has 1 aliphatic heterocycles. The molecule has 1 N–H and O–H groups in total. The van der Waals surface area contributed by atoms with Crippen molar-refractivity contribution in [3.8, 4) is 0 Å². The molecule has 0 amide bonds. The lowest BCUT2D eigenvalue weighted by Crippen LogP contribution is -2.39. The predicted molar refractivity (Wildman–Crippen MR) is 63.4 cm³/mol. The molecule has 1 saturated heterocycles. The molecule has 1 unspecified atom stereocenters. The van der Waals surface area contributed by atoms with E-state index < -0.39 is 6.10 Å². The van der Waals surface area contributed by atoms with Gasteiger partial charge >= 0.3 is 0 Å². The molecule has 6 heteroatoms. The number of aromatic nitrogens is 4. The number of hydrogen-bond donors (Lipinski definition) is 1. The Morgan fingerprint density at radius 3 is 2.65 bits per heavy atom. The molecule has 17 heavy (non-hydrogen) atoms. The van der Waals surface area contributed by atoms with Gasteiger partial charge in [0.2, 0.25) is 0 Å². The topological polar surface area (TPSA) is 67.1 Å². The van der Waals surface area contributed by atoms with Crippen molar-refractivity contribution in [3.05, 3.63) is 5.82 Å². The van der Waals surface area contributed by atoms with Gasteiger partial charge in [-0.05, 0) is 49.2 Å². The van der Waals surface area contributed by atoms with Gasteiger partial charge in [-0.1, -0.05) is 6.92 Å². The van der Waals surface area contributed by atoms with Crippen LogP contribution in [0.15, 0.2) is 0 Å². The summed E-state index contributed by atoms with van der Waals surface area (Å²) in [7, 11) is 0. The molecule has 0 aliphatic carbocycles. The average Bonchev–Trinajstić information content (AvgIpc) is 2.68. The molecular weight excluding hydrogens is 218 g/mol. The second-order valence-corrected chi connectivity index (χ2v) is 5.05. The van der Waals surface area contributed by atoms with Gasteiger partial charge < -0.3 is 10.0 Å². The van der Waals surface area contributed by atoms with Crippen molar-refractivity contribution in [3.63, 3.8) is 0 Å². The first-order chi connectivity index (χ1) is 8.15. The number of hydrogen-bond acceptors (Lipinski definition) is 5. The van der Waals surface area contributed by atoms with Crippen LogP contribution < -0.4 is 0 Å². The minimum Gasteiger partial charge on any atom is -0.390 e. The Labute approximate surface area is 102 Å². The number of tetrazole rings is 1. The number of piperidine rings is 1. The summed E-state index contributed by atoms with van der Waals surface area (Å²) < 4.78 is 1.65. The number of β-amino-alcohol motifs (C(OH)–C–C–N with tert-alkyl or cyclic N) is 1. The Hall–Kier alpha value is -1.01. The Balaban J connectivity index is 1.77. The third-order valence-corrected chi connectivity index (χ3v) is 3.44. The summed E-state index contributed by atoms with van der Waals surface area (Å²) in [6.07, 6.45) is 2.07. The van der Waals surface area contributed by atoms with E-state index in [0.29, 0.717) is 13.1 Å². The van der Waals surface area contributed by atoms with E-state index in [1.54, 1.807) is 4.68 Å². The van der Waals surface area contributed by atoms with E-state index in [1.165, 1.54) is 12.8 Å². The maximum Gasteiger partial charge on any atom is 0.148 e. The van der Waals surface area contributed by atoms with E-state index >= 15 is 0 Å². The van der Waals surface area contributed by atoms with Crippen molar-refractivity contribution in [2.75, 3.05) is 19.6 Å². The normalized spacial score (nSPS) is 20.6. The third kappa shape index (κ3) is 3.47. The first-order valence-electron chi connectivity index (χ1n) is 6.28. The molecule has 1 aliphatic rings. The van der Waals surface area contributed by atoms with E-state index in [2.05, 4.69) is 27.3 Å². The number of aryl methyl sites for hydroxylation is 1. The van der Waals surface area contributed by atoms with Crippen LogP contribution in [-0.4, -0.2) is 56.0 Å². The van der Waals surface area contributed by atoms with Crippen molar-refractivity contribution in [1.82, 2.24) is 25.1 Å². The van der Waals surface area contributed by atoms with Crippen molar-refractivity contribution >= 4 is 0 Å². The van der Waals surface area contributed by atoms with Crippen LogP contribution in [0.4, 0.5) is 0 Å². The maximum absolute atomic E-state index is 10.0. The highest BCUT2D eigenvalue weighted by Crippen LogP contribution is 2.16. The fraction of sp³-hybridized carbons (Fsp3) is 0.909. The Bertz CT molecular complexity index is 345. The smallest absolute Gasteiger partial charge is 0.148 e. The van der Waals surface area contributed by atoms with Crippen LogP contribution in [0.3, 0.4) is 0 Å². The summed E-state index contributed by atoms with van der Waals surface area (Å²) in [6.45, 7) is 7.50. The molecule has 2 rings (SSSR count). The van der Waals surface area contributed by atoms with Crippen molar-refractivity contribution in [2.45, 2.75) is 39.3 Å². The lowest BCUT2D eigenvalue weighted by atomic mass is 9.99. The zero-order valence-corrected chi connectivity index (χ0v) is 10.6. The standard InChI is InChI=1S/C11H21N5O/c1-9-3-5-15(6-4-9)7-11(17)8-16-10(2)12-13-14-16/h9,11,17H,3-8H2,1-2H3. The summed E-state index contributed by atoms with van der Waals surface area (Å²) in [5.41, 5.74) is 0. The van der Waals surface area contributed by atoms with Crippen molar-refractivity contribution < 1.29 is 5.11 Å². The van der Waals surface area contributed by atoms with Crippen LogP contribution in [0.5, 0.6) is 0 Å². The first-order valence-corrected chi connectivity index (χ1v) is 6.28. The zero-order chi connectivity index (χ0) is 12.3. The van der Waals surface area contributed by atoms with E-state index in [-0.39, 0.29) is 0 Å². The van der Waals surface area contributed by atoms with Gasteiger partial charge in [-0.15, -0.1) is 5.10 Å². The minimum absolute atomic E-state index is 0.398. The van der Waals surface area contributed by atoms with Gasteiger partial charge in [0.05, 0.1) is 12.6 Å². The molecule has 1 aromatic heterocycles. The molecule has 1 fully saturated rings. The highest BCUT2D eigenvalue weighted by Gasteiger charge is 2.19. The molecule has 2 heterocycles. The summed E-state index contributed by atoms with van der Waals surface area (Å²) in [4.78, 5) is 2.32. The summed E-state index contributed by atoms with van der Waals surface area (Å²) >= 11 is 0. The van der Waals surface area contributed by atoms with Crippen LogP contribution in [0.1, 0.15) is 25.6 Å². The van der Waals surface area contributed by atoms with E-state index in [4.69, 9.17) is 0 Å². The SMILES string of the molecule is Cc1nnnn1CC(O)CN1CCC(C)CC1. The highest BCUT2D eigenvalue weighted by molar-refractivity contribution is 4.77. The van der Waals surface area contributed by atoms with Crippen LogP contribution in [0.2, 0.25) is 0 Å². The second kappa shape index (κ2) is 5.55. The Kier molecular flexibility index (Phi) is 4.06. The monoisotopic (exact) mass is 239 g/mol. The average molecular weight is 239 g/mol. The molecular formula is C11H21N5O. The fourth-order valence-electron chi connectivity index (χ4n) is 2.22. The number of rotatable bonds is 4. The second-order valence-electron chi connectivity index (χ2n) is 5.05. The highest BCUT2D eigenvalue weighted by atomic mass is 16.3. The number of aliphatic hydroxyl groups excluding tert-OH is 1. The molecule has 6 nitrogen and oxygen atoms in total. The van der Waals surface area contributed by atoms with Gasteiger partial charge in [-0.3, -0.25) is 0 Å². The lowest BCUT2D eigenvalue weighted by Gasteiger charge is -2.31. The molecule has 0 saturated carbocycles. The molecule has 1 aromatic rings. The van der Waals surface area contributed by atoms with Gasteiger partial charge in [-0.2, -0.15) is 0 Å². The lowest BCUT2D eigenvalue weighted by molar-refractivity contribution is 0.0768. The first kappa shape index (κ1) is 12.4. The van der Waals surface area contributed by atoms with Crippen molar-refractivity contribution in [2.24, 2.45) is 5.92 Å². The van der Waals surface area contributed by atoms with Gasteiger partial charge in [0.15, 0.2) is 0 Å². The third-order valence-electron chi connectivity index (χ3n) is 3.44. The molecule has 0 spiro atoms. The van der Waals surface area contributed by atoms with Gasteiger partial charge in [0.25, 0.3) is 0 Å². The molecule has 0 radical (unpaired) electrons. The summed E-state index contributed by atoms with van der Waals surface area (Å²) in [5.74, 6) is 1.57. The van der Waals surface area contributed by atoms with Crippen molar-refractivity contribution in [1.29, 1.82) is 0 Å². The Morgan fingerprint density at radius 2 is 2.06 bits per heavy atom. The van der Waals surface area contributed by atoms with Crippen LogP contribution >= 0.6 is 0 Å². The largest absolute Gasteiger partial charge is 0.390 e. The fourth-order valence-corrected chi connectivity index (χ4v) is 2.22. The zero-order valence-electron chi connectivity index (χ0n) is 10.6. The van der Waals surface area contributed by atoms with E-state index in [9.17, 15) is 5.11 Å². The molecule has 0 bridgehead atoms. The summed E-state index contributed by atoms with van der Waals surface area (Å²) in [6, 6.07) is 0. The van der Waals surface area contributed by atoms with Gasteiger partial charge in [0, 0.05) is 6.54 Å². The van der Waals surface area contributed by atoms with Crippen LogP contribution in [0, 0.1) is 12.8 Å².